The number of anilines is 1. The first-order valence-corrected chi connectivity index (χ1v) is 13.8. The summed E-state index contributed by atoms with van der Waals surface area (Å²) in [5.74, 6) is 0.785. The summed E-state index contributed by atoms with van der Waals surface area (Å²) in [6.45, 7) is 4.90. The molecule has 0 atom stereocenters. The van der Waals surface area contributed by atoms with Crippen molar-refractivity contribution in [3.8, 4) is 12.1 Å². The molecular weight excluding hydrogens is 553 g/mol. The van der Waals surface area contributed by atoms with Crippen LogP contribution in [0.25, 0.3) is 11.0 Å². The maximum Gasteiger partial charge on any atom is 0.337 e. The topological polar surface area (TPSA) is 119 Å². The van der Waals surface area contributed by atoms with Crippen LogP contribution in [0.2, 0.25) is 0 Å². The van der Waals surface area contributed by atoms with Crippen molar-refractivity contribution in [3.05, 3.63) is 88.1 Å². The van der Waals surface area contributed by atoms with Gasteiger partial charge in [0.2, 0.25) is 0 Å². The molecule has 0 N–H and O–H groups in total. The average Bonchev–Trinajstić information content (AvgIpc) is 3.70. The van der Waals surface area contributed by atoms with Crippen molar-refractivity contribution < 1.29 is 23.4 Å². The Hall–Kier alpha value is -4.86. The van der Waals surface area contributed by atoms with E-state index in [2.05, 4.69) is 24.3 Å². The largest absolute Gasteiger partial charge is 0.465 e. The minimum atomic E-state index is -0.500. The number of hydrogen-bond donors (Lipinski definition) is 0. The van der Waals surface area contributed by atoms with Gasteiger partial charge in [0.25, 0.3) is 0 Å². The highest BCUT2D eigenvalue weighted by Gasteiger charge is 2.31. The smallest absolute Gasteiger partial charge is 0.337 e. The third kappa shape index (κ3) is 5.90. The number of methoxy groups -OCH3 is 2. The van der Waals surface area contributed by atoms with Crippen LogP contribution in [-0.2, 0) is 29.2 Å². The molecule has 2 aliphatic heterocycles. The summed E-state index contributed by atoms with van der Waals surface area (Å²) in [7, 11) is 3.04. The normalized spacial score (nSPS) is 14.8. The van der Waals surface area contributed by atoms with E-state index in [9.17, 15) is 9.18 Å². The molecule has 0 bridgehead atoms. The lowest BCUT2D eigenvalue weighted by atomic mass is 10.1. The summed E-state index contributed by atoms with van der Waals surface area (Å²) in [4.78, 5) is 30.3. The van der Waals surface area contributed by atoms with Gasteiger partial charge in [-0.05, 0) is 47.5 Å². The molecule has 12 heteroatoms. The lowest BCUT2D eigenvalue weighted by molar-refractivity contribution is 0.0601. The molecule has 0 spiro atoms. The number of carbonyl (C=O) groups excluding carboxylic acids is 1. The molecular formula is C31H30FN7O4. The first kappa shape index (κ1) is 28.3. The highest BCUT2D eigenvalue weighted by molar-refractivity contribution is 5.93. The molecule has 0 amide bonds. The molecule has 0 saturated carbocycles. The monoisotopic (exact) mass is 583 g/mol. The third-order valence-electron chi connectivity index (χ3n) is 7.71. The molecule has 0 radical (unpaired) electrons. The summed E-state index contributed by atoms with van der Waals surface area (Å²) < 4.78 is 32.3. The van der Waals surface area contributed by atoms with Crippen LogP contribution in [0.4, 0.5) is 10.2 Å². The van der Waals surface area contributed by atoms with E-state index in [-0.39, 0.29) is 24.2 Å². The highest BCUT2D eigenvalue weighted by Crippen LogP contribution is 2.30. The van der Waals surface area contributed by atoms with Crippen molar-refractivity contribution in [2.75, 3.05) is 51.9 Å². The molecule has 2 aliphatic rings. The van der Waals surface area contributed by atoms with Crippen LogP contribution in [0.15, 0.2) is 59.8 Å². The molecule has 0 unspecified atom stereocenters. The van der Waals surface area contributed by atoms with Crippen molar-refractivity contribution in [1.29, 1.82) is 5.26 Å². The molecule has 2 aromatic carbocycles. The van der Waals surface area contributed by atoms with Crippen molar-refractivity contribution >= 4 is 22.8 Å². The van der Waals surface area contributed by atoms with E-state index in [1.807, 2.05) is 24.3 Å². The lowest BCUT2D eigenvalue weighted by Crippen LogP contribution is -2.31. The third-order valence-corrected chi connectivity index (χ3v) is 7.71. The molecule has 11 nitrogen and oxygen atoms in total. The van der Waals surface area contributed by atoms with E-state index in [4.69, 9.17) is 24.5 Å². The minimum absolute atomic E-state index is 0.0378. The standard InChI is InChI=1S/C31H30FN7O4/c1-41-10-9-39-27-12-21(30(40)42-2)5-6-26(27)35-29(39)18-37-14-23-16-38(17-24(23)15-37)28-7-8-34-31(36-28)43-19-22-4-3-20(13-33)11-25(22)32/h3-8,11-12H,9-10,14-19H2,1-2H3. The molecule has 43 heavy (non-hydrogen) atoms. The Morgan fingerprint density at radius 3 is 2.58 bits per heavy atom. The SMILES string of the molecule is COCCn1c(CN2CC3=C(C2)CN(c2ccnc(OCc4ccc(C#N)cc4F)n2)C3)nc2ccc(C(=O)OC)cc21. The second-order valence-electron chi connectivity index (χ2n) is 10.5. The Kier molecular flexibility index (Phi) is 8.00. The summed E-state index contributed by atoms with van der Waals surface area (Å²) in [6, 6.07) is 13.6. The summed E-state index contributed by atoms with van der Waals surface area (Å²) in [5, 5.41) is 8.93. The minimum Gasteiger partial charge on any atom is -0.465 e. The molecule has 4 heterocycles. The second kappa shape index (κ2) is 12.2. The Morgan fingerprint density at radius 2 is 1.86 bits per heavy atom. The predicted molar refractivity (Wildman–Crippen MR) is 155 cm³/mol. The van der Waals surface area contributed by atoms with Gasteiger partial charge in [-0.1, -0.05) is 6.07 Å². The number of nitrogens with zero attached hydrogens (tertiary/aromatic N) is 7. The molecule has 2 aromatic heterocycles. The van der Waals surface area contributed by atoms with Crippen LogP contribution < -0.4 is 9.64 Å². The van der Waals surface area contributed by atoms with E-state index in [1.54, 1.807) is 25.4 Å². The van der Waals surface area contributed by atoms with Crippen molar-refractivity contribution in [2.24, 2.45) is 0 Å². The zero-order chi connectivity index (χ0) is 29.9. The van der Waals surface area contributed by atoms with E-state index >= 15 is 0 Å². The van der Waals surface area contributed by atoms with Gasteiger partial charge in [0, 0.05) is 51.6 Å². The van der Waals surface area contributed by atoms with Crippen LogP contribution in [-0.4, -0.2) is 77.4 Å². The number of carbonyl (C=O) groups is 1. The van der Waals surface area contributed by atoms with Gasteiger partial charge in [-0.25, -0.2) is 19.2 Å². The van der Waals surface area contributed by atoms with Gasteiger partial charge in [0.1, 0.15) is 24.1 Å². The Balaban J connectivity index is 1.09. The molecule has 220 valence electrons. The summed E-state index contributed by atoms with van der Waals surface area (Å²) in [5.41, 5.74) is 5.49. The number of benzene rings is 2. The van der Waals surface area contributed by atoms with Gasteiger partial charge < -0.3 is 23.7 Å². The van der Waals surface area contributed by atoms with Gasteiger partial charge in [-0.2, -0.15) is 10.2 Å². The Morgan fingerprint density at radius 1 is 1.05 bits per heavy atom. The molecule has 0 saturated heterocycles. The number of nitriles is 1. The molecule has 0 fully saturated rings. The van der Waals surface area contributed by atoms with Crippen molar-refractivity contribution in [2.45, 2.75) is 19.7 Å². The zero-order valence-electron chi connectivity index (χ0n) is 23.9. The number of hydrogen-bond acceptors (Lipinski definition) is 10. The van der Waals surface area contributed by atoms with E-state index in [0.29, 0.717) is 30.8 Å². The van der Waals surface area contributed by atoms with E-state index in [0.717, 1.165) is 48.9 Å². The van der Waals surface area contributed by atoms with Crippen LogP contribution in [0.5, 0.6) is 6.01 Å². The van der Waals surface area contributed by atoms with Gasteiger partial charge in [0.15, 0.2) is 0 Å². The quantitative estimate of drug-likeness (QED) is 0.203. The number of imidazole rings is 1. The fourth-order valence-corrected chi connectivity index (χ4v) is 5.56. The molecule has 0 aliphatic carbocycles. The molecule has 4 aromatic rings. The number of fused-ring (bicyclic) bond motifs is 1. The predicted octanol–water partition coefficient (Wildman–Crippen LogP) is 3.48. The Bertz CT molecular complexity index is 1740. The highest BCUT2D eigenvalue weighted by atomic mass is 19.1. The fraction of sp³-hybridized carbons (Fsp3) is 0.323. The van der Waals surface area contributed by atoms with Gasteiger partial charge in [0.05, 0.1) is 48.5 Å². The number of aromatic nitrogens is 4. The van der Waals surface area contributed by atoms with E-state index in [1.165, 1.54) is 30.4 Å². The van der Waals surface area contributed by atoms with Gasteiger partial charge in [-0.3, -0.25) is 4.90 Å². The number of ether oxygens (including phenoxy) is 3. The van der Waals surface area contributed by atoms with Crippen LogP contribution >= 0.6 is 0 Å². The van der Waals surface area contributed by atoms with Gasteiger partial charge >= 0.3 is 12.0 Å². The summed E-state index contributed by atoms with van der Waals surface area (Å²) >= 11 is 0. The average molecular weight is 584 g/mol. The number of rotatable bonds is 10. The van der Waals surface area contributed by atoms with Crippen LogP contribution in [0.1, 0.15) is 27.3 Å². The fourth-order valence-electron chi connectivity index (χ4n) is 5.56. The molecule has 6 rings (SSSR count). The van der Waals surface area contributed by atoms with E-state index < -0.39 is 5.82 Å². The Labute approximate surface area is 247 Å². The zero-order valence-corrected chi connectivity index (χ0v) is 23.9. The van der Waals surface area contributed by atoms with Crippen LogP contribution in [0, 0.1) is 17.1 Å². The van der Waals surface area contributed by atoms with Crippen molar-refractivity contribution in [3.63, 3.8) is 0 Å². The number of halogens is 1. The maximum atomic E-state index is 14.2. The first-order valence-electron chi connectivity index (χ1n) is 13.8. The lowest BCUT2D eigenvalue weighted by Gasteiger charge is -2.23. The maximum absolute atomic E-state index is 14.2. The second-order valence-corrected chi connectivity index (χ2v) is 10.5. The number of esters is 1. The first-order chi connectivity index (χ1) is 20.9. The van der Waals surface area contributed by atoms with Crippen LogP contribution in [0.3, 0.4) is 0 Å². The summed E-state index contributed by atoms with van der Waals surface area (Å²) in [6.07, 6.45) is 1.64. The van der Waals surface area contributed by atoms with Crippen molar-refractivity contribution in [1.82, 2.24) is 24.4 Å². The van der Waals surface area contributed by atoms with Gasteiger partial charge in [-0.15, -0.1) is 0 Å².